The van der Waals surface area contributed by atoms with Crippen molar-refractivity contribution in [2.45, 2.75) is 33.7 Å². The summed E-state index contributed by atoms with van der Waals surface area (Å²) in [6, 6.07) is 7.37. The zero-order chi connectivity index (χ0) is 18.7. The minimum Gasteiger partial charge on any atom is -0.435 e. The summed E-state index contributed by atoms with van der Waals surface area (Å²) in [6.45, 7) is 7.65. The van der Waals surface area contributed by atoms with E-state index in [2.05, 4.69) is 29.5 Å². The van der Waals surface area contributed by atoms with Crippen LogP contribution in [0, 0.1) is 12.8 Å². The Bertz CT molecular complexity index is 813. The molecule has 2 heterocycles. The van der Waals surface area contributed by atoms with Crippen molar-refractivity contribution in [3.63, 3.8) is 0 Å². The largest absolute Gasteiger partial charge is 0.435 e. The maximum atomic E-state index is 12.7. The van der Waals surface area contributed by atoms with Crippen molar-refractivity contribution in [3.05, 3.63) is 47.2 Å². The van der Waals surface area contributed by atoms with E-state index < -0.39 is 0 Å². The van der Waals surface area contributed by atoms with Gasteiger partial charge in [-0.15, -0.1) is 0 Å². The molecule has 1 aromatic heterocycles. The number of hydrogen-bond donors (Lipinski definition) is 2. The van der Waals surface area contributed by atoms with Crippen LogP contribution in [0.15, 0.2) is 28.7 Å². The van der Waals surface area contributed by atoms with Crippen LogP contribution >= 0.6 is 0 Å². The first kappa shape index (κ1) is 18.0. The second-order valence-corrected chi connectivity index (χ2v) is 6.88. The van der Waals surface area contributed by atoms with Crippen LogP contribution in [0.3, 0.4) is 0 Å². The number of para-hydroxylation sites is 1. The number of nitrogens with zero attached hydrogens (tertiary/aromatic N) is 2. The number of hydrogen-bond acceptors (Lipinski definition) is 4. The Balaban J connectivity index is 1.75. The molecule has 138 valence electrons. The van der Waals surface area contributed by atoms with Gasteiger partial charge in [0.15, 0.2) is 5.89 Å². The van der Waals surface area contributed by atoms with E-state index >= 15 is 0 Å². The fraction of sp³-hybridized carbons (Fsp3) is 0.421. The van der Waals surface area contributed by atoms with Gasteiger partial charge in [0, 0.05) is 31.7 Å². The molecule has 2 N–H and O–H groups in total. The number of anilines is 1. The summed E-state index contributed by atoms with van der Waals surface area (Å²) in [7, 11) is 0. The molecule has 0 saturated carbocycles. The van der Waals surface area contributed by atoms with Gasteiger partial charge in [-0.25, -0.2) is 9.78 Å². The smallest absolute Gasteiger partial charge is 0.317 e. The number of aromatic nitrogens is 1. The summed E-state index contributed by atoms with van der Waals surface area (Å²) in [6.07, 6.45) is 0.689. The SMILES string of the molecule is Cc1nc(CC(C)C)oc1C(=O)Nc1ccccc1CN1CCNC1=O. The molecule has 3 rings (SSSR count). The first-order valence-electron chi connectivity index (χ1n) is 8.82. The van der Waals surface area contributed by atoms with Crippen molar-refractivity contribution in [2.24, 2.45) is 5.92 Å². The molecule has 0 unspecified atom stereocenters. The molecule has 1 aromatic carbocycles. The van der Waals surface area contributed by atoms with Crippen LogP contribution in [0.25, 0.3) is 0 Å². The highest BCUT2D eigenvalue weighted by Crippen LogP contribution is 2.21. The second-order valence-electron chi connectivity index (χ2n) is 6.88. The molecule has 0 atom stereocenters. The minimum atomic E-state index is -0.330. The Morgan fingerprint density at radius 3 is 2.85 bits per heavy atom. The molecule has 1 aliphatic heterocycles. The lowest BCUT2D eigenvalue weighted by Gasteiger charge is -2.17. The standard InChI is InChI=1S/C19H24N4O3/c1-12(2)10-16-21-13(3)17(26-16)18(24)22-15-7-5-4-6-14(15)11-23-9-8-20-19(23)25/h4-7,12H,8-11H2,1-3H3,(H,20,25)(H,22,24). The molecule has 2 aromatic rings. The molecule has 1 saturated heterocycles. The Kier molecular flexibility index (Phi) is 5.25. The molecule has 1 fully saturated rings. The highest BCUT2D eigenvalue weighted by Gasteiger charge is 2.22. The highest BCUT2D eigenvalue weighted by atomic mass is 16.4. The average Bonchev–Trinajstić information content (AvgIpc) is 3.14. The van der Waals surface area contributed by atoms with Crippen LogP contribution in [0.4, 0.5) is 10.5 Å². The second kappa shape index (κ2) is 7.59. The summed E-state index contributed by atoms with van der Waals surface area (Å²) < 4.78 is 5.65. The molecule has 0 spiro atoms. The summed E-state index contributed by atoms with van der Waals surface area (Å²) in [5.74, 6) is 0.874. The maximum absolute atomic E-state index is 12.7. The predicted molar refractivity (Wildman–Crippen MR) is 98.0 cm³/mol. The van der Waals surface area contributed by atoms with Crippen molar-refractivity contribution in [1.82, 2.24) is 15.2 Å². The molecule has 0 bridgehead atoms. The topological polar surface area (TPSA) is 87.5 Å². The van der Waals surface area contributed by atoms with E-state index in [-0.39, 0.29) is 17.7 Å². The third-order valence-corrected chi connectivity index (χ3v) is 4.20. The van der Waals surface area contributed by atoms with Crippen LogP contribution in [0.1, 0.15) is 41.6 Å². The van der Waals surface area contributed by atoms with Crippen molar-refractivity contribution in [3.8, 4) is 0 Å². The van der Waals surface area contributed by atoms with E-state index in [9.17, 15) is 9.59 Å². The summed E-state index contributed by atoms with van der Waals surface area (Å²) >= 11 is 0. The lowest BCUT2D eigenvalue weighted by atomic mass is 10.1. The number of oxazole rings is 1. The van der Waals surface area contributed by atoms with Gasteiger partial charge >= 0.3 is 6.03 Å². The summed E-state index contributed by atoms with van der Waals surface area (Å²) in [4.78, 5) is 30.5. The number of carbonyl (C=O) groups is 2. The normalized spacial score (nSPS) is 14.0. The number of rotatable bonds is 6. The zero-order valence-corrected chi connectivity index (χ0v) is 15.3. The van der Waals surface area contributed by atoms with Crippen LogP contribution in [-0.4, -0.2) is 34.9 Å². The van der Waals surface area contributed by atoms with Gasteiger partial charge in [0.05, 0.1) is 5.69 Å². The minimum absolute atomic E-state index is 0.0875. The predicted octanol–water partition coefficient (Wildman–Crippen LogP) is 2.96. The number of benzene rings is 1. The van der Waals surface area contributed by atoms with Crippen molar-refractivity contribution in [1.29, 1.82) is 0 Å². The third-order valence-electron chi connectivity index (χ3n) is 4.20. The number of nitrogens with one attached hydrogen (secondary N) is 2. The molecule has 1 aliphatic rings. The van der Waals surface area contributed by atoms with Crippen molar-refractivity contribution >= 4 is 17.6 Å². The number of aryl methyl sites for hydroxylation is 1. The van der Waals surface area contributed by atoms with Crippen LogP contribution in [0.2, 0.25) is 0 Å². The summed E-state index contributed by atoms with van der Waals surface area (Å²) in [5, 5.41) is 5.67. The molecule has 0 radical (unpaired) electrons. The molecule has 26 heavy (non-hydrogen) atoms. The van der Waals surface area contributed by atoms with Gasteiger partial charge in [-0.3, -0.25) is 4.79 Å². The molecule has 7 nitrogen and oxygen atoms in total. The Hall–Kier alpha value is -2.83. The molecular formula is C19H24N4O3. The zero-order valence-electron chi connectivity index (χ0n) is 15.3. The monoisotopic (exact) mass is 356 g/mol. The van der Waals surface area contributed by atoms with Gasteiger partial charge in [0.25, 0.3) is 5.91 Å². The quantitative estimate of drug-likeness (QED) is 0.833. The Labute approximate surface area is 152 Å². The van der Waals surface area contributed by atoms with E-state index in [4.69, 9.17) is 4.42 Å². The Morgan fingerprint density at radius 1 is 1.38 bits per heavy atom. The fourth-order valence-corrected chi connectivity index (χ4v) is 2.93. The number of urea groups is 1. The van der Waals surface area contributed by atoms with Crippen LogP contribution < -0.4 is 10.6 Å². The van der Waals surface area contributed by atoms with Crippen LogP contribution in [-0.2, 0) is 13.0 Å². The average molecular weight is 356 g/mol. The van der Waals surface area contributed by atoms with Gasteiger partial charge in [-0.1, -0.05) is 32.0 Å². The lowest BCUT2D eigenvalue weighted by Crippen LogP contribution is -2.28. The molecule has 7 heteroatoms. The van der Waals surface area contributed by atoms with Crippen molar-refractivity contribution in [2.75, 3.05) is 18.4 Å². The van der Waals surface area contributed by atoms with Gasteiger partial charge in [-0.2, -0.15) is 0 Å². The van der Waals surface area contributed by atoms with Gasteiger partial charge in [0.2, 0.25) is 5.76 Å². The first-order valence-corrected chi connectivity index (χ1v) is 8.82. The lowest BCUT2D eigenvalue weighted by molar-refractivity contribution is 0.0993. The van der Waals surface area contributed by atoms with E-state index in [0.29, 0.717) is 49.2 Å². The maximum Gasteiger partial charge on any atom is 0.317 e. The molecule has 0 aliphatic carbocycles. The van der Waals surface area contributed by atoms with Gasteiger partial charge in [-0.05, 0) is 24.5 Å². The number of carbonyl (C=O) groups excluding carboxylic acids is 2. The van der Waals surface area contributed by atoms with E-state index in [1.165, 1.54) is 0 Å². The van der Waals surface area contributed by atoms with E-state index in [1.54, 1.807) is 11.8 Å². The van der Waals surface area contributed by atoms with Gasteiger partial charge in [0.1, 0.15) is 0 Å². The molecular weight excluding hydrogens is 332 g/mol. The van der Waals surface area contributed by atoms with Crippen LogP contribution in [0.5, 0.6) is 0 Å². The molecule has 3 amide bonds. The van der Waals surface area contributed by atoms with E-state index in [0.717, 1.165) is 5.56 Å². The number of amides is 3. The Morgan fingerprint density at radius 2 is 2.15 bits per heavy atom. The summed E-state index contributed by atoms with van der Waals surface area (Å²) in [5.41, 5.74) is 2.12. The first-order chi connectivity index (χ1) is 12.4. The fourth-order valence-electron chi connectivity index (χ4n) is 2.93. The highest BCUT2D eigenvalue weighted by molar-refractivity contribution is 6.03. The van der Waals surface area contributed by atoms with E-state index in [1.807, 2.05) is 24.3 Å². The third kappa shape index (κ3) is 4.04. The van der Waals surface area contributed by atoms with Gasteiger partial charge < -0.3 is 20.0 Å². The van der Waals surface area contributed by atoms with Crippen molar-refractivity contribution < 1.29 is 14.0 Å².